The lowest BCUT2D eigenvalue weighted by molar-refractivity contribution is -0.148. The van der Waals surface area contributed by atoms with Gasteiger partial charge in [0.05, 0.1) is 17.2 Å². The van der Waals surface area contributed by atoms with Crippen molar-refractivity contribution in [2.75, 3.05) is 13.2 Å². The number of fused-ring (bicyclic) bond motifs is 1. The summed E-state index contributed by atoms with van der Waals surface area (Å²) in [7, 11) is 0. The van der Waals surface area contributed by atoms with Crippen molar-refractivity contribution in [3.8, 4) is 0 Å². The van der Waals surface area contributed by atoms with E-state index in [1.807, 2.05) is 37.3 Å². The quantitative estimate of drug-likeness (QED) is 0.620. The van der Waals surface area contributed by atoms with E-state index in [1.165, 1.54) is 12.1 Å². The van der Waals surface area contributed by atoms with Gasteiger partial charge < -0.3 is 10.1 Å². The fraction of sp³-hybridized carbons (Fsp3) is 0.200. The second kappa shape index (κ2) is 7.82. The molecule has 0 saturated carbocycles. The van der Waals surface area contributed by atoms with Crippen LogP contribution in [0.25, 0.3) is 0 Å². The van der Waals surface area contributed by atoms with Crippen molar-refractivity contribution in [3.05, 3.63) is 71.3 Å². The Morgan fingerprint density at radius 1 is 0.963 bits per heavy atom. The third-order valence-electron chi connectivity index (χ3n) is 4.21. The molecule has 0 spiro atoms. The van der Waals surface area contributed by atoms with Crippen molar-refractivity contribution < 1.29 is 23.9 Å². The number of esters is 1. The van der Waals surface area contributed by atoms with Gasteiger partial charge in [-0.2, -0.15) is 0 Å². The van der Waals surface area contributed by atoms with Crippen LogP contribution in [0.4, 0.5) is 0 Å². The molecule has 0 unspecified atom stereocenters. The third-order valence-corrected chi connectivity index (χ3v) is 4.21. The molecule has 0 bridgehead atoms. The van der Waals surface area contributed by atoms with E-state index in [4.69, 9.17) is 4.74 Å². The Bertz CT molecular complexity index is 859. The molecule has 0 aliphatic carbocycles. The molecule has 7 heteroatoms. The van der Waals surface area contributed by atoms with Crippen LogP contribution >= 0.6 is 0 Å². The maximum absolute atomic E-state index is 12.2. The number of carbonyl (C=O) groups excluding carboxylic acids is 4. The molecule has 7 nitrogen and oxygen atoms in total. The summed E-state index contributed by atoms with van der Waals surface area (Å²) in [5.41, 5.74) is 1.43. The molecule has 2 aromatic carbocycles. The van der Waals surface area contributed by atoms with Crippen molar-refractivity contribution in [1.82, 2.24) is 10.2 Å². The summed E-state index contributed by atoms with van der Waals surface area (Å²) in [6, 6.07) is 15.4. The lowest BCUT2D eigenvalue weighted by Gasteiger charge is -2.15. The molecule has 1 N–H and O–H groups in total. The minimum Gasteiger partial charge on any atom is -0.454 e. The molecule has 3 amide bonds. The lowest BCUT2D eigenvalue weighted by Crippen LogP contribution is -2.37. The second-order valence-electron chi connectivity index (χ2n) is 6.10. The van der Waals surface area contributed by atoms with Gasteiger partial charge in [0.1, 0.15) is 6.54 Å². The maximum Gasteiger partial charge on any atom is 0.326 e. The van der Waals surface area contributed by atoms with Crippen LogP contribution in [0.5, 0.6) is 0 Å². The summed E-state index contributed by atoms with van der Waals surface area (Å²) in [6.45, 7) is 0.793. The number of hydrogen-bond acceptors (Lipinski definition) is 5. The van der Waals surface area contributed by atoms with Crippen LogP contribution in [0.3, 0.4) is 0 Å². The Kier molecular flexibility index (Phi) is 5.30. The van der Waals surface area contributed by atoms with Crippen LogP contribution in [-0.4, -0.2) is 41.7 Å². The van der Waals surface area contributed by atoms with Crippen molar-refractivity contribution >= 4 is 23.7 Å². The van der Waals surface area contributed by atoms with E-state index in [9.17, 15) is 19.2 Å². The molecule has 1 heterocycles. The summed E-state index contributed by atoms with van der Waals surface area (Å²) in [6.07, 6.45) is 0. The van der Waals surface area contributed by atoms with Crippen molar-refractivity contribution in [2.45, 2.75) is 13.0 Å². The van der Waals surface area contributed by atoms with Crippen LogP contribution in [0.15, 0.2) is 54.6 Å². The molecular weight excluding hydrogens is 348 g/mol. The summed E-state index contributed by atoms with van der Waals surface area (Å²) in [5, 5.41) is 2.71. The number of benzene rings is 2. The fourth-order valence-electron chi connectivity index (χ4n) is 2.81. The normalized spacial score (nSPS) is 13.9. The van der Waals surface area contributed by atoms with Crippen molar-refractivity contribution in [3.63, 3.8) is 0 Å². The van der Waals surface area contributed by atoms with Gasteiger partial charge in [-0.05, 0) is 24.6 Å². The molecule has 0 fully saturated rings. The first-order valence-corrected chi connectivity index (χ1v) is 8.42. The van der Waals surface area contributed by atoms with Gasteiger partial charge in [-0.1, -0.05) is 42.5 Å². The molecule has 27 heavy (non-hydrogen) atoms. The van der Waals surface area contributed by atoms with Gasteiger partial charge in [-0.25, -0.2) is 0 Å². The van der Waals surface area contributed by atoms with E-state index >= 15 is 0 Å². The van der Waals surface area contributed by atoms with Gasteiger partial charge in [0.2, 0.25) is 0 Å². The topological polar surface area (TPSA) is 92.8 Å². The largest absolute Gasteiger partial charge is 0.454 e. The first-order valence-electron chi connectivity index (χ1n) is 8.42. The van der Waals surface area contributed by atoms with E-state index in [0.717, 1.165) is 10.5 Å². The summed E-state index contributed by atoms with van der Waals surface area (Å²) < 4.78 is 4.90. The molecule has 0 radical (unpaired) electrons. The van der Waals surface area contributed by atoms with E-state index in [-0.39, 0.29) is 17.2 Å². The second-order valence-corrected chi connectivity index (χ2v) is 6.10. The average Bonchev–Trinajstić information content (AvgIpc) is 2.92. The zero-order valence-corrected chi connectivity index (χ0v) is 14.7. The van der Waals surface area contributed by atoms with Crippen LogP contribution in [0, 0.1) is 0 Å². The molecular formula is C20H18N2O5. The molecule has 2 aromatic rings. The zero-order valence-electron chi connectivity index (χ0n) is 14.7. The Morgan fingerprint density at radius 2 is 1.52 bits per heavy atom. The SMILES string of the molecule is C[C@@H](NC(=O)COC(=O)CN1C(=O)c2ccccc2C1=O)c1ccccc1. The standard InChI is InChI=1S/C20H18N2O5/c1-13(14-7-3-2-4-8-14)21-17(23)12-27-18(24)11-22-19(25)15-9-5-6-10-16(15)20(22)26/h2-10,13H,11-12H2,1H3,(H,21,23)/t13-/m1/s1. The Balaban J connectivity index is 1.50. The van der Waals surface area contributed by atoms with Crippen molar-refractivity contribution in [2.24, 2.45) is 0 Å². The highest BCUT2D eigenvalue weighted by molar-refractivity contribution is 6.22. The number of amides is 3. The number of imide groups is 1. The minimum atomic E-state index is -0.827. The summed E-state index contributed by atoms with van der Waals surface area (Å²) in [5.74, 6) is -2.39. The van der Waals surface area contributed by atoms with Crippen LogP contribution in [0.1, 0.15) is 39.2 Å². The average molecular weight is 366 g/mol. The van der Waals surface area contributed by atoms with Crippen LogP contribution in [0.2, 0.25) is 0 Å². The molecule has 0 saturated heterocycles. The highest BCUT2D eigenvalue weighted by Crippen LogP contribution is 2.22. The number of nitrogens with one attached hydrogen (secondary N) is 1. The highest BCUT2D eigenvalue weighted by Gasteiger charge is 2.36. The first kappa shape index (κ1) is 18.3. The van der Waals surface area contributed by atoms with Gasteiger partial charge in [-0.15, -0.1) is 0 Å². The van der Waals surface area contributed by atoms with Gasteiger partial charge in [0, 0.05) is 0 Å². The minimum absolute atomic E-state index is 0.242. The van der Waals surface area contributed by atoms with Gasteiger partial charge in [0.25, 0.3) is 17.7 Å². The number of rotatable bonds is 6. The predicted molar refractivity (Wildman–Crippen MR) is 95.8 cm³/mol. The molecule has 3 rings (SSSR count). The molecule has 138 valence electrons. The maximum atomic E-state index is 12.2. The van der Waals surface area contributed by atoms with Gasteiger partial charge in [0.15, 0.2) is 6.61 Å². The number of nitrogens with zero attached hydrogens (tertiary/aromatic N) is 1. The van der Waals surface area contributed by atoms with Crippen LogP contribution < -0.4 is 5.32 Å². The van der Waals surface area contributed by atoms with Crippen molar-refractivity contribution in [1.29, 1.82) is 0 Å². The monoisotopic (exact) mass is 366 g/mol. The van der Waals surface area contributed by atoms with E-state index < -0.39 is 36.8 Å². The number of carbonyl (C=O) groups is 4. The predicted octanol–water partition coefficient (Wildman–Crippen LogP) is 1.70. The highest BCUT2D eigenvalue weighted by atomic mass is 16.5. The van der Waals surface area contributed by atoms with E-state index in [1.54, 1.807) is 12.1 Å². The van der Waals surface area contributed by atoms with Gasteiger partial charge in [-0.3, -0.25) is 24.1 Å². The van der Waals surface area contributed by atoms with E-state index in [0.29, 0.717) is 0 Å². The molecule has 1 aliphatic heterocycles. The number of ether oxygens (including phenoxy) is 1. The first-order chi connectivity index (χ1) is 13.0. The zero-order chi connectivity index (χ0) is 19.4. The fourth-order valence-corrected chi connectivity index (χ4v) is 2.81. The molecule has 1 atom stereocenters. The third kappa shape index (κ3) is 4.03. The van der Waals surface area contributed by atoms with Crippen LogP contribution in [-0.2, 0) is 14.3 Å². The Hall–Kier alpha value is -3.48. The molecule has 1 aliphatic rings. The summed E-state index contributed by atoms with van der Waals surface area (Å²) in [4.78, 5) is 49.1. The lowest BCUT2D eigenvalue weighted by atomic mass is 10.1. The molecule has 0 aromatic heterocycles. The van der Waals surface area contributed by atoms with Gasteiger partial charge >= 0.3 is 5.97 Å². The Labute approximate surface area is 155 Å². The Morgan fingerprint density at radius 3 is 2.11 bits per heavy atom. The smallest absolute Gasteiger partial charge is 0.326 e. The summed E-state index contributed by atoms with van der Waals surface area (Å²) >= 11 is 0. The number of hydrogen-bond donors (Lipinski definition) is 1. The van der Waals surface area contributed by atoms with E-state index in [2.05, 4.69) is 5.32 Å².